The second kappa shape index (κ2) is 6.78. The van der Waals surface area contributed by atoms with Crippen molar-refractivity contribution in [3.05, 3.63) is 82.4 Å². The lowest BCUT2D eigenvalue weighted by Gasteiger charge is -2.21. The van der Waals surface area contributed by atoms with Crippen LogP contribution in [0.4, 0.5) is 0 Å². The first kappa shape index (κ1) is 16.7. The van der Waals surface area contributed by atoms with Crippen molar-refractivity contribution in [3.8, 4) is 0 Å². The molecule has 1 nitrogen and oxygen atoms in total. The highest BCUT2D eigenvalue weighted by atomic mass is 35.5. The number of carbonyl (C=O) groups excluding carboxylic acids is 1. The van der Waals surface area contributed by atoms with E-state index in [4.69, 9.17) is 11.6 Å². The summed E-state index contributed by atoms with van der Waals surface area (Å²) < 4.78 is 0. The molecule has 0 saturated heterocycles. The molecular formula is C22H21ClO. The summed E-state index contributed by atoms with van der Waals surface area (Å²) in [4.78, 5) is 13.1. The summed E-state index contributed by atoms with van der Waals surface area (Å²) in [6.45, 7) is 6.12. The van der Waals surface area contributed by atoms with Crippen LogP contribution in [-0.2, 0) is 0 Å². The van der Waals surface area contributed by atoms with Crippen LogP contribution in [0.25, 0.3) is 10.8 Å². The summed E-state index contributed by atoms with van der Waals surface area (Å²) in [6, 6.07) is 20.0. The summed E-state index contributed by atoms with van der Waals surface area (Å²) in [5, 5.41) is 2.89. The van der Waals surface area contributed by atoms with Gasteiger partial charge in [-0.15, -0.1) is 0 Å². The summed E-state index contributed by atoms with van der Waals surface area (Å²) in [6.07, 6.45) is 0. The molecule has 0 fully saturated rings. The lowest BCUT2D eigenvalue weighted by Crippen LogP contribution is -2.18. The lowest BCUT2D eigenvalue weighted by molar-refractivity contribution is 0.0917. The van der Waals surface area contributed by atoms with Gasteiger partial charge in [0.1, 0.15) is 0 Å². The van der Waals surface area contributed by atoms with Crippen molar-refractivity contribution < 1.29 is 4.79 Å². The summed E-state index contributed by atoms with van der Waals surface area (Å²) in [5.41, 5.74) is 3.00. The zero-order chi connectivity index (χ0) is 17.3. The highest BCUT2D eigenvalue weighted by molar-refractivity contribution is 6.31. The van der Waals surface area contributed by atoms with Crippen LogP contribution in [0, 0.1) is 12.8 Å². The first-order valence-corrected chi connectivity index (χ1v) is 8.65. The second-order valence-corrected chi connectivity index (χ2v) is 6.88. The van der Waals surface area contributed by atoms with Crippen molar-refractivity contribution in [1.82, 2.24) is 0 Å². The number of fused-ring (bicyclic) bond motifs is 1. The van der Waals surface area contributed by atoms with Gasteiger partial charge in [0.25, 0.3) is 0 Å². The van der Waals surface area contributed by atoms with Gasteiger partial charge in [0, 0.05) is 16.5 Å². The standard InChI is InChI=1S/C22H21ClO/c1-14-13-18(11-12-21(14)23)15(2)16(3)22(24)20-10-6-8-17-7-4-5-9-19(17)20/h4-13,15-16H,1-3H3. The van der Waals surface area contributed by atoms with Crippen LogP contribution in [0.3, 0.4) is 0 Å². The molecule has 122 valence electrons. The van der Waals surface area contributed by atoms with E-state index < -0.39 is 0 Å². The molecule has 0 heterocycles. The van der Waals surface area contributed by atoms with Crippen LogP contribution in [0.1, 0.15) is 41.3 Å². The average Bonchev–Trinajstić information content (AvgIpc) is 2.61. The molecule has 0 amide bonds. The first-order chi connectivity index (χ1) is 11.5. The van der Waals surface area contributed by atoms with Gasteiger partial charge in [-0.3, -0.25) is 4.79 Å². The van der Waals surface area contributed by atoms with E-state index in [9.17, 15) is 4.79 Å². The van der Waals surface area contributed by atoms with E-state index in [1.807, 2.05) is 68.4 Å². The van der Waals surface area contributed by atoms with Crippen LogP contribution >= 0.6 is 11.6 Å². The topological polar surface area (TPSA) is 17.1 Å². The van der Waals surface area contributed by atoms with Gasteiger partial charge in [0.15, 0.2) is 5.78 Å². The number of ketones is 1. The molecule has 24 heavy (non-hydrogen) atoms. The molecule has 0 aliphatic carbocycles. The zero-order valence-corrected chi connectivity index (χ0v) is 15.0. The molecule has 3 aromatic carbocycles. The number of benzene rings is 3. The van der Waals surface area contributed by atoms with Gasteiger partial charge in [-0.05, 0) is 40.8 Å². The first-order valence-electron chi connectivity index (χ1n) is 8.27. The molecule has 3 rings (SSSR count). The van der Waals surface area contributed by atoms with Crippen LogP contribution in [0.5, 0.6) is 0 Å². The van der Waals surface area contributed by atoms with E-state index in [-0.39, 0.29) is 17.6 Å². The van der Waals surface area contributed by atoms with Crippen molar-refractivity contribution in [1.29, 1.82) is 0 Å². The van der Waals surface area contributed by atoms with Crippen molar-refractivity contribution in [2.45, 2.75) is 26.7 Å². The molecule has 2 unspecified atom stereocenters. The Hall–Kier alpha value is -2.12. The molecule has 2 atom stereocenters. The molecule has 0 aliphatic heterocycles. The van der Waals surface area contributed by atoms with E-state index in [0.717, 1.165) is 32.5 Å². The van der Waals surface area contributed by atoms with Gasteiger partial charge in [-0.25, -0.2) is 0 Å². The maximum atomic E-state index is 13.1. The van der Waals surface area contributed by atoms with Gasteiger partial charge >= 0.3 is 0 Å². The fourth-order valence-corrected chi connectivity index (χ4v) is 3.27. The van der Waals surface area contributed by atoms with Crippen LogP contribution in [0.15, 0.2) is 60.7 Å². The van der Waals surface area contributed by atoms with Crippen molar-refractivity contribution >= 4 is 28.2 Å². The number of rotatable bonds is 4. The monoisotopic (exact) mass is 336 g/mol. The minimum Gasteiger partial charge on any atom is -0.294 e. The fraction of sp³-hybridized carbons (Fsp3) is 0.227. The molecule has 2 heteroatoms. The number of aryl methyl sites for hydroxylation is 1. The van der Waals surface area contributed by atoms with Crippen molar-refractivity contribution in [3.63, 3.8) is 0 Å². The molecule has 0 N–H and O–H groups in total. The van der Waals surface area contributed by atoms with Gasteiger partial charge in [-0.2, -0.15) is 0 Å². The summed E-state index contributed by atoms with van der Waals surface area (Å²) in [5.74, 6) is 0.218. The van der Waals surface area contributed by atoms with Crippen LogP contribution in [-0.4, -0.2) is 5.78 Å². The SMILES string of the molecule is Cc1cc(C(C)C(C)C(=O)c2cccc3ccccc23)ccc1Cl. The molecule has 0 aromatic heterocycles. The van der Waals surface area contributed by atoms with Gasteiger partial charge < -0.3 is 0 Å². The van der Waals surface area contributed by atoms with Crippen molar-refractivity contribution in [2.24, 2.45) is 5.92 Å². The number of Topliss-reactive ketones (excluding diaryl/α,β-unsaturated/α-hetero) is 1. The Morgan fingerprint density at radius 3 is 2.42 bits per heavy atom. The van der Waals surface area contributed by atoms with E-state index in [0.29, 0.717) is 0 Å². The maximum Gasteiger partial charge on any atom is 0.166 e. The van der Waals surface area contributed by atoms with E-state index in [2.05, 4.69) is 13.0 Å². The average molecular weight is 337 g/mol. The Balaban J connectivity index is 1.94. The normalized spacial score (nSPS) is 13.7. The largest absolute Gasteiger partial charge is 0.294 e. The predicted octanol–water partition coefficient (Wildman–Crippen LogP) is 6.42. The van der Waals surface area contributed by atoms with E-state index in [1.165, 1.54) is 0 Å². The lowest BCUT2D eigenvalue weighted by atomic mass is 9.82. The number of hydrogen-bond donors (Lipinski definition) is 0. The van der Waals surface area contributed by atoms with Gasteiger partial charge in [-0.1, -0.05) is 80.0 Å². The molecule has 0 spiro atoms. The quantitative estimate of drug-likeness (QED) is 0.502. The minimum absolute atomic E-state index is 0.101. The molecule has 0 radical (unpaired) electrons. The molecule has 0 saturated carbocycles. The smallest absolute Gasteiger partial charge is 0.166 e. The predicted molar refractivity (Wildman–Crippen MR) is 102 cm³/mol. The number of halogens is 1. The van der Waals surface area contributed by atoms with Crippen LogP contribution in [0.2, 0.25) is 5.02 Å². The number of carbonyl (C=O) groups is 1. The highest BCUT2D eigenvalue weighted by Gasteiger charge is 2.24. The fourth-order valence-electron chi connectivity index (χ4n) is 3.15. The zero-order valence-electron chi connectivity index (χ0n) is 14.2. The Bertz CT molecular complexity index is 892. The third-order valence-electron chi connectivity index (χ3n) is 4.93. The van der Waals surface area contributed by atoms with Crippen molar-refractivity contribution in [2.75, 3.05) is 0 Å². The molecule has 3 aromatic rings. The summed E-state index contributed by atoms with van der Waals surface area (Å²) in [7, 11) is 0. The Morgan fingerprint density at radius 2 is 1.67 bits per heavy atom. The Kier molecular flexibility index (Phi) is 4.73. The van der Waals surface area contributed by atoms with Gasteiger partial charge in [0.05, 0.1) is 0 Å². The molecule has 0 aliphatic rings. The summed E-state index contributed by atoms with van der Waals surface area (Å²) >= 11 is 6.12. The third-order valence-corrected chi connectivity index (χ3v) is 5.35. The van der Waals surface area contributed by atoms with Gasteiger partial charge in [0.2, 0.25) is 0 Å². The molecule has 0 bridgehead atoms. The van der Waals surface area contributed by atoms with E-state index in [1.54, 1.807) is 0 Å². The minimum atomic E-state index is -0.101. The number of hydrogen-bond acceptors (Lipinski definition) is 1. The maximum absolute atomic E-state index is 13.1. The Labute approximate surface area is 148 Å². The third kappa shape index (κ3) is 3.09. The molecular weight excluding hydrogens is 316 g/mol. The second-order valence-electron chi connectivity index (χ2n) is 6.48. The van der Waals surface area contributed by atoms with E-state index >= 15 is 0 Å². The highest BCUT2D eigenvalue weighted by Crippen LogP contribution is 2.31. The van der Waals surface area contributed by atoms with Crippen LogP contribution < -0.4 is 0 Å². The Morgan fingerprint density at radius 1 is 0.958 bits per heavy atom.